The average molecular weight is 253 g/mol. The molecule has 7 heteroatoms. The van der Waals surface area contributed by atoms with Gasteiger partial charge in [0.1, 0.15) is 0 Å². The normalized spacial score (nSPS) is 14.9. The van der Waals surface area contributed by atoms with Crippen LogP contribution < -0.4 is 10.6 Å². The van der Waals surface area contributed by atoms with Gasteiger partial charge in [0, 0.05) is 12.5 Å². The molecule has 96 valence electrons. The van der Waals surface area contributed by atoms with E-state index in [0.717, 1.165) is 25.2 Å². The summed E-state index contributed by atoms with van der Waals surface area (Å²) < 4.78 is 13.5. The highest BCUT2D eigenvalue weighted by atomic mass is 19.1. The third-order valence-electron chi connectivity index (χ3n) is 2.78. The maximum absolute atomic E-state index is 13.5. The molecule has 0 radical (unpaired) electrons. The number of rotatable bonds is 4. The number of non-ortho nitro benzene ring substituents is 1. The summed E-state index contributed by atoms with van der Waals surface area (Å²) in [5.41, 5.74) is -0.369. The lowest BCUT2D eigenvalue weighted by Gasteiger charge is -2.26. The van der Waals surface area contributed by atoms with E-state index in [1.165, 1.54) is 6.07 Å². The summed E-state index contributed by atoms with van der Waals surface area (Å²) in [6.07, 6.45) is 0.323. The number of hydrogen-bond donors (Lipinski definition) is 2. The minimum Gasteiger partial charge on any atom is -0.324 e. The molecule has 1 aliphatic rings. The van der Waals surface area contributed by atoms with Crippen LogP contribution in [0.4, 0.5) is 15.8 Å². The maximum atomic E-state index is 13.5. The zero-order chi connectivity index (χ0) is 13.1. The number of nitrogens with one attached hydrogen (secondary N) is 2. The monoisotopic (exact) mass is 253 g/mol. The Morgan fingerprint density at radius 2 is 2.28 bits per heavy atom. The Hall–Kier alpha value is -2.02. The number of nitro groups is 1. The summed E-state index contributed by atoms with van der Waals surface area (Å²) in [6, 6.07) is 3.15. The Morgan fingerprint density at radius 1 is 1.56 bits per heavy atom. The largest absolute Gasteiger partial charge is 0.324 e. The maximum Gasteiger partial charge on any atom is 0.272 e. The fourth-order valence-electron chi connectivity index (χ4n) is 1.68. The van der Waals surface area contributed by atoms with Crippen LogP contribution in [-0.4, -0.2) is 23.9 Å². The molecule has 1 amide bonds. The molecule has 1 fully saturated rings. The summed E-state index contributed by atoms with van der Waals surface area (Å²) in [6.45, 7) is 1.58. The van der Waals surface area contributed by atoms with Gasteiger partial charge in [-0.3, -0.25) is 14.9 Å². The zero-order valence-electron chi connectivity index (χ0n) is 9.48. The number of anilines is 1. The Morgan fingerprint density at radius 3 is 2.78 bits per heavy atom. The van der Waals surface area contributed by atoms with Crippen molar-refractivity contribution in [2.24, 2.45) is 5.92 Å². The Balaban J connectivity index is 2.00. The van der Waals surface area contributed by atoms with Gasteiger partial charge in [-0.1, -0.05) is 0 Å². The second-order valence-corrected chi connectivity index (χ2v) is 4.20. The van der Waals surface area contributed by atoms with Gasteiger partial charge in [0.25, 0.3) is 5.69 Å². The highest BCUT2D eigenvalue weighted by Gasteiger charge is 2.21. The van der Waals surface area contributed by atoms with Gasteiger partial charge in [-0.15, -0.1) is 0 Å². The summed E-state index contributed by atoms with van der Waals surface area (Å²) >= 11 is 0. The zero-order valence-corrected chi connectivity index (χ0v) is 9.48. The van der Waals surface area contributed by atoms with Crippen LogP contribution in [0.25, 0.3) is 0 Å². The molecule has 1 saturated heterocycles. The standard InChI is InChI=1S/C11H12FN3O3/c12-9-4-8(15(17)18)1-2-10(9)14-11(16)3-7-5-13-6-7/h1-2,4,7,13H,3,5-6H2,(H,14,16). The molecule has 0 atom stereocenters. The van der Waals surface area contributed by atoms with Gasteiger partial charge in [-0.25, -0.2) is 4.39 Å². The van der Waals surface area contributed by atoms with Crippen molar-refractivity contribution in [1.82, 2.24) is 5.32 Å². The van der Waals surface area contributed by atoms with Crippen LogP contribution >= 0.6 is 0 Å². The van der Waals surface area contributed by atoms with E-state index < -0.39 is 10.7 Å². The van der Waals surface area contributed by atoms with E-state index in [4.69, 9.17) is 0 Å². The van der Waals surface area contributed by atoms with E-state index >= 15 is 0 Å². The highest BCUT2D eigenvalue weighted by Crippen LogP contribution is 2.21. The van der Waals surface area contributed by atoms with Gasteiger partial charge in [0.05, 0.1) is 16.7 Å². The molecule has 1 aliphatic heterocycles. The van der Waals surface area contributed by atoms with E-state index in [0.29, 0.717) is 6.42 Å². The number of halogens is 1. The predicted octanol–water partition coefficient (Wildman–Crippen LogP) is 1.28. The summed E-state index contributed by atoms with van der Waals surface area (Å²) in [4.78, 5) is 21.3. The van der Waals surface area contributed by atoms with Crippen LogP contribution in [0.1, 0.15) is 6.42 Å². The molecule has 0 unspecified atom stereocenters. The SMILES string of the molecule is O=C(CC1CNC1)Nc1ccc([N+](=O)[O-])cc1F. The summed E-state index contributed by atoms with van der Waals surface area (Å²) in [5.74, 6) is -0.801. The molecule has 0 saturated carbocycles. The molecular weight excluding hydrogens is 241 g/mol. The lowest BCUT2D eigenvalue weighted by Crippen LogP contribution is -2.43. The molecule has 18 heavy (non-hydrogen) atoms. The molecular formula is C11H12FN3O3. The Bertz CT molecular complexity index is 488. The molecule has 0 aromatic heterocycles. The lowest BCUT2D eigenvalue weighted by atomic mass is 9.99. The number of nitrogens with zero attached hydrogens (tertiary/aromatic N) is 1. The number of benzene rings is 1. The first-order valence-corrected chi connectivity index (χ1v) is 5.51. The van der Waals surface area contributed by atoms with E-state index in [1.54, 1.807) is 0 Å². The molecule has 1 aromatic rings. The van der Waals surface area contributed by atoms with Crippen molar-refractivity contribution in [2.75, 3.05) is 18.4 Å². The van der Waals surface area contributed by atoms with Gasteiger partial charge < -0.3 is 10.6 Å². The third kappa shape index (κ3) is 2.80. The van der Waals surface area contributed by atoms with Crippen LogP contribution in [0, 0.1) is 21.8 Å². The van der Waals surface area contributed by atoms with Gasteiger partial charge in [0.15, 0.2) is 5.82 Å². The number of carbonyl (C=O) groups excluding carboxylic acids is 1. The van der Waals surface area contributed by atoms with Crippen molar-refractivity contribution in [1.29, 1.82) is 0 Å². The van der Waals surface area contributed by atoms with Crippen molar-refractivity contribution < 1.29 is 14.1 Å². The minimum atomic E-state index is -0.802. The van der Waals surface area contributed by atoms with Crippen LogP contribution in [0.2, 0.25) is 0 Å². The van der Waals surface area contributed by atoms with E-state index in [-0.39, 0.29) is 23.2 Å². The molecule has 2 N–H and O–H groups in total. The minimum absolute atomic E-state index is 0.0297. The van der Waals surface area contributed by atoms with E-state index in [9.17, 15) is 19.3 Å². The first kappa shape index (κ1) is 12.4. The molecule has 0 bridgehead atoms. The molecule has 0 spiro atoms. The number of amides is 1. The van der Waals surface area contributed by atoms with E-state index in [1.807, 2.05) is 0 Å². The molecule has 6 nitrogen and oxygen atoms in total. The Labute approximate surface area is 102 Å². The van der Waals surface area contributed by atoms with Crippen molar-refractivity contribution in [3.05, 3.63) is 34.1 Å². The summed E-state index contributed by atoms with van der Waals surface area (Å²) in [5, 5.41) is 15.9. The molecule has 1 heterocycles. The Kier molecular flexibility index (Phi) is 3.52. The summed E-state index contributed by atoms with van der Waals surface area (Å²) in [7, 11) is 0. The topological polar surface area (TPSA) is 84.3 Å². The van der Waals surface area contributed by atoms with Crippen molar-refractivity contribution in [3.63, 3.8) is 0 Å². The fraction of sp³-hybridized carbons (Fsp3) is 0.364. The third-order valence-corrected chi connectivity index (χ3v) is 2.78. The first-order valence-electron chi connectivity index (χ1n) is 5.51. The number of hydrogen-bond acceptors (Lipinski definition) is 4. The number of nitro benzene ring substituents is 1. The first-order chi connectivity index (χ1) is 8.56. The van der Waals surface area contributed by atoms with E-state index in [2.05, 4.69) is 10.6 Å². The van der Waals surface area contributed by atoms with Crippen LogP contribution in [0.5, 0.6) is 0 Å². The molecule has 1 aromatic carbocycles. The number of carbonyl (C=O) groups is 1. The smallest absolute Gasteiger partial charge is 0.272 e. The van der Waals surface area contributed by atoms with Gasteiger partial charge in [-0.2, -0.15) is 0 Å². The van der Waals surface area contributed by atoms with Crippen LogP contribution in [0.15, 0.2) is 18.2 Å². The van der Waals surface area contributed by atoms with Crippen molar-refractivity contribution in [3.8, 4) is 0 Å². The van der Waals surface area contributed by atoms with Gasteiger partial charge in [0.2, 0.25) is 5.91 Å². The van der Waals surface area contributed by atoms with Crippen molar-refractivity contribution in [2.45, 2.75) is 6.42 Å². The van der Waals surface area contributed by atoms with Gasteiger partial charge >= 0.3 is 0 Å². The fourth-order valence-corrected chi connectivity index (χ4v) is 1.68. The van der Waals surface area contributed by atoms with Gasteiger partial charge in [-0.05, 0) is 25.1 Å². The molecule has 0 aliphatic carbocycles. The van der Waals surface area contributed by atoms with Crippen LogP contribution in [-0.2, 0) is 4.79 Å². The van der Waals surface area contributed by atoms with Crippen LogP contribution in [0.3, 0.4) is 0 Å². The molecule has 2 rings (SSSR count). The highest BCUT2D eigenvalue weighted by molar-refractivity contribution is 5.91. The van der Waals surface area contributed by atoms with Crippen molar-refractivity contribution >= 4 is 17.3 Å². The predicted molar refractivity (Wildman–Crippen MR) is 62.7 cm³/mol. The second-order valence-electron chi connectivity index (χ2n) is 4.20. The quantitative estimate of drug-likeness (QED) is 0.625. The second kappa shape index (κ2) is 5.09. The average Bonchev–Trinajstić information content (AvgIpc) is 2.26. The lowest BCUT2D eigenvalue weighted by molar-refractivity contribution is -0.385.